The molecule has 8 heavy (non-hydrogen) atoms. The van der Waals surface area contributed by atoms with E-state index in [1.54, 1.807) is 6.08 Å². The van der Waals surface area contributed by atoms with E-state index in [-0.39, 0.29) is 12.1 Å². The van der Waals surface area contributed by atoms with E-state index in [1.807, 2.05) is 0 Å². The van der Waals surface area contributed by atoms with Crippen LogP contribution in [-0.2, 0) is 0 Å². The van der Waals surface area contributed by atoms with Crippen molar-refractivity contribution in [1.82, 2.24) is 10.6 Å². The summed E-state index contributed by atoms with van der Waals surface area (Å²) in [5.41, 5.74) is 0. The minimum atomic E-state index is -0.102. The molecule has 1 aliphatic heterocycles. The molecule has 1 rings (SSSR count). The molecule has 0 radical (unpaired) electrons. The Balaban J connectivity index is 2.43. The summed E-state index contributed by atoms with van der Waals surface area (Å²) in [5, 5.41) is 5.23. The van der Waals surface area contributed by atoms with Gasteiger partial charge in [0.15, 0.2) is 0 Å². The first-order valence-corrected chi connectivity index (χ1v) is 2.50. The Bertz CT molecular complexity index is 122. The molecule has 44 valence electrons. The molecule has 1 saturated heterocycles. The van der Waals surface area contributed by atoms with E-state index in [0.717, 1.165) is 0 Å². The third kappa shape index (κ3) is 0.804. The Hall–Kier alpha value is -0.990. The van der Waals surface area contributed by atoms with Gasteiger partial charge in [-0.15, -0.1) is 6.58 Å². The Labute approximate surface area is 47.8 Å². The maximum absolute atomic E-state index is 10.3. The summed E-state index contributed by atoms with van der Waals surface area (Å²) < 4.78 is 0. The highest BCUT2D eigenvalue weighted by Crippen LogP contribution is 1.88. The van der Waals surface area contributed by atoms with Gasteiger partial charge in [0.2, 0.25) is 0 Å². The molecule has 0 unspecified atom stereocenters. The first-order valence-electron chi connectivity index (χ1n) is 2.50. The Morgan fingerprint density at radius 1 is 1.88 bits per heavy atom. The fourth-order valence-electron chi connectivity index (χ4n) is 0.615. The Morgan fingerprint density at radius 2 is 2.62 bits per heavy atom. The smallest absolute Gasteiger partial charge is 0.315 e. The fourth-order valence-corrected chi connectivity index (χ4v) is 0.615. The van der Waals surface area contributed by atoms with Crippen LogP contribution in [0.2, 0.25) is 0 Å². The summed E-state index contributed by atoms with van der Waals surface area (Å²) >= 11 is 0. The number of rotatable bonds is 1. The summed E-state index contributed by atoms with van der Waals surface area (Å²) in [4.78, 5) is 10.3. The molecule has 0 aliphatic carbocycles. The maximum Gasteiger partial charge on any atom is 0.315 e. The van der Waals surface area contributed by atoms with Crippen molar-refractivity contribution in [2.45, 2.75) is 6.04 Å². The van der Waals surface area contributed by atoms with Crippen LogP contribution in [0.1, 0.15) is 0 Å². The average molecular weight is 112 g/mol. The van der Waals surface area contributed by atoms with Crippen molar-refractivity contribution in [2.24, 2.45) is 0 Å². The molecule has 0 aromatic rings. The summed E-state index contributed by atoms with van der Waals surface area (Å²) in [6, 6.07) is 0.0254. The van der Waals surface area contributed by atoms with E-state index < -0.39 is 0 Å². The van der Waals surface area contributed by atoms with Gasteiger partial charge in [-0.2, -0.15) is 0 Å². The average Bonchev–Trinajstić information content (AvgIpc) is 2.14. The van der Waals surface area contributed by atoms with Gasteiger partial charge in [0.1, 0.15) is 0 Å². The second-order valence-electron chi connectivity index (χ2n) is 1.70. The first kappa shape index (κ1) is 5.15. The molecule has 0 bridgehead atoms. The number of urea groups is 1. The number of hydrogen-bond acceptors (Lipinski definition) is 1. The van der Waals surface area contributed by atoms with Gasteiger partial charge in [0.25, 0.3) is 0 Å². The largest absolute Gasteiger partial charge is 0.336 e. The molecule has 0 aromatic heterocycles. The molecule has 3 heteroatoms. The van der Waals surface area contributed by atoms with Crippen molar-refractivity contribution in [1.29, 1.82) is 0 Å². The molecule has 0 aromatic carbocycles. The molecule has 1 fully saturated rings. The van der Waals surface area contributed by atoms with Gasteiger partial charge in [-0.25, -0.2) is 4.79 Å². The molecule has 2 N–H and O–H groups in total. The van der Waals surface area contributed by atoms with Crippen LogP contribution in [0.4, 0.5) is 4.79 Å². The van der Waals surface area contributed by atoms with Crippen LogP contribution >= 0.6 is 0 Å². The van der Waals surface area contributed by atoms with Crippen LogP contribution in [-0.4, -0.2) is 18.6 Å². The molecule has 1 atom stereocenters. The van der Waals surface area contributed by atoms with Gasteiger partial charge in [-0.3, -0.25) is 0 Å². The van der Waals surface area contributed by atoms with Gasteiger partial charge in [-0.1, -0.05) is 6.08 Å². The van der Waals surface area contributed by atoms with E-state index in [1.165, 1.54) is 0 Å². The standard InChI is InChI=1S/C5H8N2O/c1-2-4-3-6-5(8)7-4/h2,4H,1,3H2,(H2,6,7,8)/t4-/m0/s1. The first-order chi connectivity index (χ1) is 3.83. The van der Waals surface area contributed by atoms with Crippen molar-refractivity contribution >= 4 is 6.03 Å². The number of carbonyl (C=O) groups is 1. The van der Waals surface area contributed by atoms with E-state index in [2.05, 4.69) is 17.2 Å². The van der Waals surface area contributed by atoms with E-state index in [9.17, 15) is 4.79 Å². The van der Waals surface area contributed by atoms with Crippen LogP contribution in [0.15, 0.2) is 12.7 Å². The zero-order valence-electron chi connectivity index (χ0n) is 4.48. The van der Waals surface area contributed by atoms with Crippen molar-refractivity contribution in [3.05, 3.63) is 12.7 Å². The zero-order valence-corrected chi connectivity index (χ0v) is 4.48. The quantitative estimate of drug-likeness (QED) is 0.455. The Morgan fingerprint density at radius 3 is 2.88 bits per heavy atom. The predicted octanol–water partition coefficient (Wildman–Crippen LogP) is -0.146. The van der Waals surface area contributed by atoms with E-state index in [4.69, 9.17) is 0 Å². The van der Waals surface area contributed by atoms with Crippen LogP contribution in [0.25, 0.3) is 0 Å². The van der Waals surface area contributed by atoms with Crippen LogP contribution in [0.5, 0.6) is 0 Å². The molecule has 1 aliphatic rings. The van der Waals surface area contributed by atoms with Gasteiger partial charge in [0.05, 0.1) is 6.04 Å². The summed E-state index contributed by atoms with van der Waals surface area (Å²) in [6.07, 6.45) is 1.71. The highest BCUT2D eigenvalue weighted by molar-refractivity contribution is 5.76. The van der Waals surface area contributed by atoms with Crippen molar-refractivity contribution in [3.8, 4) is 0 Å². The monoisotopic (exact) mass is 112 g/mol. The number of nitrogens with one attached hydrogen (secondary N) is 2. The van der Waals surface area contributed by atoms with Crippen LogP contribution in [0, 0.1) is 0 Å². The molecule has 0 spiro atoms. The van der Waals surface area contributed by atoms with E-state index in [0.29, 0.717) is 6.54 Å². The lowest BCUT2D eigenvalue weighted by atomic mass is 10.3. The molecule has 3 nitrogen and oxygen atoms in total. The molecular weight excluding hydrogens is 104 g/mol. The van der Waals surface area contributed by atoms with Crippen LogP contribution < -0.4 is 10.6 Å². The van der Waals surface area contributed by atoms with E-state index >= 15 is 0 Å². The SMILES string of the molecule is C=C[C@H]1CNC(=O)N1. The number of amides is 2. The highest BCUT2D eigenvalue weighted by Gasteiger charge is 2.15. The fraction of sp³-hybridized carbons (Fsp3) is 0.400. The third-order valence-electron chi connectivity index (χ3n) is 1.08. The van der Waals surface area contributed by atoms with Crippen LogP contribution in [0.3, 0.4) is 0 Å². The third-order valence-corrected chi connectivity index (χ3v) is 1.08. The second kappa shape index (κ2) is 1.86. The predicted molar refractivity (Wildman–Crippen MR) is 30.5 cm³/mol. The highest BCUT2D eigenvalue weighted by atomic mass is 16.2. The molecular formula is C5H8N2O. The normalized spacial score (nSPS) is 26.5. The summed E-state index contributed by atoms with van der Waals surface area (Å²) in [7, 11) is 0. The molecule has 2 amide bonds. The molecule has 1 heterocycles. The van der Waals surface area contributed by atoms with Crippen molar-refractivity contribution < 1.29 is 4.79 Å². The lowest BCUT2D eigenvalue weighted by Gasteiger charge is -1.95. The van der Waals surface area contributed by atoms with Crippen molar-refractivity contribution in [3.63, 3.8) is 0 Å². The minimum absolute atomic E-state index is 0.102. The number of hydrogen-bond donors (Lipinski definition) is 2. The minimum Gasteiger partial charge on any atom is -0.336 e. The summed E-state index contributed by atoms with van der Waals surface area (Å²) in [6.45, 7) is 4.19. The van der Waals surface area contributed by atoms with Gasteiger partial charge in [0, 0.05) is 6.54 Å². The van der Waals surface area contributed by atoms with Gasteiger partial charge < -0.3 is 10.6 Å². The Kier molecular flexibility index (Phi) is 1.20. The maximum atomic E-state index is 10.3. The summed E-state index contributed by atoms with van der Waals surface area (Å²) in [5.74, 6) is 0. The lowest BCUT2D eigenvalue weighted by Crippen LogP contribution is -2.24. The lowest BCUT2D eigenvalue weighted by molar-refractivity contribution is 0.248. The second-order valence-corrected chi connectivity index (χ2v) is 1.70. The van der Waals surface area contributed by atoms with Crippen molar-refractivity contribution in [2.75, 3.05) is 6.54 Å². The topological polar surface area (TPSA) is 41.1 Å². The van der Waals surface area contributed by atoms with Gasteiger partial charge >= 0.3 is 6.03 Å². The van der Waals surface area contributed by atoms with Gasteiger partial charge in [-0.05, 0) is 0 Å². The number of carbonyl (C=O) groups excluding carboxylic acids is 1. The molecule has 0 saturated carbocycles. The zero-order chi connectivity index (χ0) is 5.98.